The van der Waals surface area contributed by atoms with Crippen LogP contribution in [0.5, 0.6) is 0 Å². The second kappa shape index (κ2) is 11.3. The van der Waals surface area contributed by atoms with Crippen molar-refractivity contribution < 1.29 is 4.42 Å². The Kier molecular flexibility index (Phi) is 6.49. The maximum atomic E-state index is 6.88. The molecule has 254 valence electrons. The molecule has 3 nitrogen and oxygen atoms in total. The van der Waals surface area contributed by atoms with Gasteiger partial charge in [0.1, 0.15) is 11.3 Å². The van der Waals surface area contributed by atoms with Gasteiger partial charge >= 0.3 is 0 Å². The molecule has 0 saturated carbocycles. The van der Waals surface area contributed by atoms with Crippen LogP contribution in [0.1, 0.15) is 42.7 Å². The molecule has 11 rings (SSSR count). The van der Waals surface area contributed by atoms with Crippen LogP contribution < -0.4 is 4.90 Å². The highest BCUT2D eigenvalue weighted by molar-refractivity contribution is 6.08. The lowest BCUT2D eigenvalue weighted by molar-refractivity contribution is 0.426. The number of hydrogen-bond donors (Lipinski definition) is 0. The molecular weight excluding hydrogens is 645 g/mol. The van der Waals surface area contributed by atoms with E-state index in [1.807, 2.05) is 0 Å². The molecule has 4 unspecified atom stereocenters. The van der Waals surface area contributed by atoms with Crippen molar-refractivity contribution in [3.8, 4) is 11.1 Å². The number of allylic oxidation sites excluding steroid dienone is 3. The molecule has 3 aliphatic rings. The van der Waals surface area contributed by atoms with E-state index in [0.717, 1.165) is 11.3 Å². The maximum Gasteiger partial charge on any atom is 0.134 e. The van der Waals surface area contributed by atoms with Crippen molar-refractivity contribution in [3.05, 3.63) is 198 Å². The normalized spacial score (nSPS) is 21.8. The number of furan rings is 1. The second-order valence-corrected chi connectivity index (χ2v) is 15.1. The monoisotopic (exact) mass is 682 g/mol. The molecule has 1 aliphatic heterocycles. The van der Waals surface area contributed by atoms with Crippen LogP contribution in [0.3, 0.4) is 0 Å². The van der Waals surface area contributed by atoms with E-state index < -0.39 is 5.54 Å². The van der Waals surface area contributed by atoms with Gasteiger partial charge in [0, 0.05) is 44.1 Å². The van der Waals surface area contributed by atoms with Gasteiger partial charge in [-0.05, 0) is 83.2 Å². The summed E-state index contributed by atoms with van der Waals surface area (Å²) in [5.41, 5.74) is 12.9. The fraction of sp³-hybridized carbons (Fsp3) is 0.120. The quantitative estimate of drug-likeness (QED) is 0.184. The van der Waals surface area contributed by atoms with Gasteiger partial charge in [0.2, 0.25) is 0 Å². The zero-order valence-corrected chi connectivity index (χ0v) is 29.8. The zero-order valence-electron chi connectivity index (χ0n) is 29.8. The molecule has 0 amide bonds. The number of nitrogens with zero attached hydrogens (tertiary/aromatic N) is 2. The lowest BCUT2D eigenvalue weighted by Crippen LogP contribution is -2.47. The third-order valence-electron chi connectivity index (χ3n) is 12.2. The first-order chi connectivity index (χ1) is 26.1. The standard InChI is InChI=1S/C50H38N2O/c1-32-30-35(26-29-43(32)51-44-20-10-6-16-37(44)38-17-7-11-21-45(38)51)42-31-41-39-18-9-13-23-47(39)53-49(41)48-40-19-8-12-22-46(40)52(50(42,48)2)36-27-24-34(25-28-36)33-14-4-3-5-15-33/h3-32,43,48H,1-2H3. The SMILES string of the molecule is CC1C=C(C2=Cc3c(oc4ccccc34)C3c4ccccc4N(c4ccc(-c5ccccc5)cc4)C23C)C=CC1n1c2ccccc2c2ccccc21. The lowest BCUT2D eigenvalue weighted by Gasteiger charge is -2.45. The summed E-state index contributed by atoms with van der Waals surface area (Å²) in [5, 5.41) is 3.78. The third kappa shape index (κ3) is 4.28. The topological polar surface area (TPSA) is 21.3 Å². The second-order valence-electron chi connectivity index (χ2n) is 15.1. The highest BCUT2D eigenvalue weighted by Crippen LogP contribution is 2.62. The Hall–Kier alpha value is -6.32. The number of rotatable bonds is 4. The molecule has 0 radical (unpaired) electrons. The molecule has 0 saturated heterocycles. The number of anilines is 2. The van der Waals surface area contributed by atoms with E-state index in [1.165, 1.54) is 72.0 Å². The molecule has 8 aromatic rings. The lowest BCUT2D eigenvalue weighted by atomic mass is 9.68. The Bertz CT molecular complexity index is 2780. The van der Waals surface area contributed by atoms with Crippen LogP contribution in [0.25, 0.3) is 50.0 Å². The Labute approximate surface area is 309 Å². The van der Waals surface area contributed by atoms with Crippen LogP contribution in [0.2, 0.25) is 0 Å². The van der Waals surface area contributed by atoms with Crippen LogP contribution in [0, 0.1) is 5.92 Å². The van der Waals surface area contributed by atoms with Crippen molar-refractivity contribution >= 4 is 50.2 Å². The number of hydrogen-bond acceptors (Lipinski definition) is 2. The molecular formula is C50H38N2O. The van der Waals surface area contributed by atoms with Crippen LogP contribution in [-0.2, 0) is 0 Å². The Morgan fingerprint density at radius 1 is 0.623 bits per heavy atom. The van der Waals surface area contributed by atoms with Crippen molar-refractivity contribution in [2.75, 3.05) is 4.90 Å². The largest absolute Gasteiger partial charge is 0.460 e. The number of fused-ring (bicyclic) bond motifs is 10. The molecule has 53 heavy (non-hydrogen) atoms. The molecule has 3 heterocycles. The molecule has 0 fully saturated rings. The van der Waals surface area contributed by atoms with Gasteiger partial charge in [-0.3, -0.25) is 0 Å². The molecule has 6 aromatic carbocycles. The van der Waals surface area contributed by atoms with Gasteiger partial charge in [-0.25, -0.2) is 0 Å². The van der Waals surface area contributed by atoms with Gasteiger partial charge < -0.3 is 13.9 Å². The van der Waals surface area contributed by atoms with Crippen LogP contribution >= 0.6 is 0 Å². The summed E-state index contributed by atoms with van der Waals surface area (Å²) in [4.78, 5) is 2.59. The van der Waals surface area contributed by atoms with E-state index in [2.05, 4.69) is 199 Å². The molecule has 3 heteroatoms. The Morgan fingerprint density at radius 2 is 1.25 bits per heavy atom. The fourth-order valence-corrected chi connectivity index (χ4v) is 9.83. The van der Waals surface area contributed by atoms with Crippen molar-refractivity contribution in [3.63, 3.8) is 0 Å². The summed E-state index contributed by atoms with van der Waals surface area (Å²) in [7, 11) is 0. The minimum Gasteiger partial charge on any atom is -0.460 e. The van der Waals surface area contributed by atoms with Crippen molar-refractivity contribution in [1.29, 1.82) is 0 Å². The van der Waals surface area contributed by atoms with E-state index in [1.54, 1.807) is 0 Å². The average Bonchev–Trinajstić information content (AvgIpc) is 3.83. The van der Waals surface area contributed by atoms with Gasteiger partial charge in [-0.2, -0.15) is 0 Å². The van der Waals surface area contributed by atoms with Crippen LogP contribution in [0.15, 0.2) is 185 Å². The summed E-state index contributed by atoms with van der Waals surface area (Å²) in [5.74, 6) is 1.29. The molecule has 0 N–H and O–H groups in total. The average molecular weight is 683 g/mol. The van der Waals surface area contributed by atoms with E-state index in [-0.39, 0.29) is 17.9 Å². The van der Waals surface area contributed by atoms with Crippen LogP contribution in [-0.4, -0.2) is 10.1 Å². The first kappa shape index (κ1) is 30.3. The zero-order chi connectivity index (χ0) is 35.3. The van der Waals surface area contributed by atoms with E-state index in [4.69, 9.17) is 4.42 Å². The minimum atomic E-state index is -0.464. The van der Waals surface area contributed by atoms with Crippen molar-refractivity contribution in [2.24, 2.45) is 5.92 Å². The van der Waals surface area contributed by atoms with Gasteiger partial charge in [0.05, 0.1) is 17.5 Å². The van der Waals surface area contributed by atoms with E-state index >= 15 is 0 Å². The van der Waals surface area contributed by atoms with Crippen molar-refractivity contribution in [2.45, 2.75) is 31.3 Å². The predicted octanol–water partition coefficient (Wildman–Crippen LogP) is 13.0. The first-order valence-corrected chi connectivity index (χ1v) is 18.8. The highest BCUT2D eigenvalue weighted by atomic mass is 16.3. The van der Waals surface area contributed by atoms with Gasteiger partial charge in [0.25, 0.3) is 0 Å². The summed E-state index contributed by atoms with van der Waals surface area (Å²) in [6.45, 7) is 4.81. The third-order valence-corrected chi connectivity index (χ3v) is 12.2. The molecule has 0 bridgehead atoms. The molecule has 4 atom stereocenters. The summed E-state index contributed by atoms with van der Waals surface area (Å²) in [6.07, 6.45) is 9.81. The Balaban J connectivity index is 1.09. The first-order valence-electron chi connectivity index (χ1n) is 18.8. The summed E-state index contributed by atoms with van der Waals surface area (Å²) >= 11 is 0. The van der Waals surface area contributed by atoms with Gasteiger partial charge in [0.15, 0.2) is 0 Å². The van der Waals surface area contributed by atoms with E-state index in [9.17, 15) is 0 Å². The molecule has 2 aliphatic carbocycles. The van der Waals surface area contributed by atoms with Crippen molar-refractivity contribution in [1.82, 2.24) is 4.57 Å². The van der Waals surface area contributed by atoms with Gasteiger partial charge in [-0.15, -0.1) is 0 Å². The maximum absolute atomic E-state index is 6.88. The number of aromatic nitrogens is 1. The Morgan fingerprint density at radius 3 is 1.98 bits per heavy atom. The summed E-state index contributed by atoms with van der Waals surface area (Å²) in [6, 6.07) is 55.1. The van der Waals surface area contributed by atoms with E-state index in [0.29, 0.717) is 0 Å². The highest BCUT2D eigenvalue weighted by Gasteiger charge is 2.56. The molecule has 2 aromatic heterocycles. The minimum absolute atomic E-state index is 0.00503. The predicted molar refractivity (Wildman–Crippen MR) is 220 cm³/mol. The van der Waals surface area contributed by atoms with Crippen LogP contribution in [0.4, 0.5) is 11.4 Å². The smallest absolute Gasteiger partial charge is 0.134 e. The summed E-state index contributed by atoms with van der Waals surface area (Å²) < 4.78 is 9.43. The number of para-hydroxylation sites is 4. The molecule has 0 spiro atoms. The fourth-order valence-electron chi connectivity index (χ4n) is 9.83. The number of benzene rings is 6. The van der Waals surface area contributed by atoms with Gasteiger partial charge in [-0.1, -0.05) is 140 Å².